The number of rotatable bonds is 4. The summed E-state index contributed by atoms with van der Waals surface area (Å²) in [4.78, 5) is -0.188. The highest BCUT2D eigenvalue weighted by molar-refractivity contribution is 9.10. The van der Waals surface area contributed by atoms with Crippen molar-refractivity contribution in [1.82, 2.24) is 4.72 Å². The maximum atomic E-state index is 11.7. The van der Waals surface area contributed by atoms with E-state index in [1.807, 2.05) is 0 Å². The molecule has 8 heteroatoms. The number of benzene rings is 1. The van der Waals surface area contributed by atoms with Crippen molar-refractivity contribution in [2.24, 2.45) is 0 Å². The minimum atomic E-state index is -3.80. The lowest BCUT2D eigenvalue weighted by atomic mass is 10.4. The highest BCUT2D eigenvalue weighted by Crippen LogP contribution is 2.32. The summed E-state index contributed by atoms with van der Waals surface area (Å²) >= 11 is 14.7. The van der Waals surface area contributed by atoms with E-state index in [2.05, 4.69) is 20.7 Å². The van der Waals surface area contributed by atoms with E-state index in [0.29, 0.717) is 4.47 Å². The zero-order valence-corrected chi connectivity index (χ0v) is 11.8. The van der Waals surface area contributed by atoms with E-state index in [0.717, 1.165) is 0 Å². The molecule has 0 bridgehead atoms. The van der Waals surface area contributed by atoms with Gasteiger partial charge in [-0.2, -0.15) is 0 Å². The van der Waals surface area contributed by atoms with Crippen LogP contribution < -0.4 is 4.72 Å². The number of sulfonamides is 1. The van der Waals surface area contributed by atoms with Crippen molar-refractivity contribution < 1.29 is 13.5 Å². The van der Waals surface area contributed by atoms with Crippen molar-refractivity contribution in [3.05, 3.63) is 26.7 Å². The molecule has 2 N–H and O–H groups in total. The molecule has 0 saturated heterocycles. The van der Waals surface area contributed by atoms with E-state index < -0.39 is 10.0 Å². The van der Waals surface area contributed by atoms with Crippen LogP contribution in [0.5, 0.6) is 0 Å². The quantitative estimate of drug-likeness (QED) is 0.874. The Morgan fingerprint density at radius 3 is 2.25 bits per heavy atom. The lowest BCUT2D eigenvalue weighted by Crippen LogP contribution is -2.27. The number of aliphatic hydroxyl groups is 1. The Morgan fingerprint density at radius 1 is 1.31 bits per heavy atom. The molecule has 0 radical (unpaired) electrons. The van der Waals surface area contributed by atoms with Crippen molar-refractivity contribution in [3.8, 4) is 0 Å². The highest BCUT2D eigenvalue weighted by Gasteiger charge is 2.21. The molecular weight excluding hydrogens is 341 g/mol. The Kier molecular flexibility index (Phi) is 5.03. The lowest BCUT2D eigenvalue weighted by Gasteiger charge is -2.09. The molecule has 0 atom stereocenters. The van der Waals surface area contributed by atoms with Crippen LogP contribution in [0.25, 0.3) is 0 Å². The van der Waals surface area contributed by atoms with Gasteiger partial charge in [-0.15, -0.1) is 0 Å². The number of hydrogen-bond donors (Lipinski definition) is 2. The SMILES string of the molecule is O=S(=O)(NCCO)c1c(Cl)cc(Br)cc1Cl. The first-order chi connectivity index (χ1) is 7.38. The van der Waals surface area contributed by atoms with E-state index >= 15 is 0 Å². The molecule has 0 unspecified atom stereocenters. The van der Waals surface area contributed by atoms with Crippen molar-refractivity contribution in [2.75, 3.05) is 13.2 Å². The van der Waals surface area contributed by atoms with Gasteiger partial charge in [-0.05, 0) is 12.1 Å². The first-order valence-electron chi connectivity index (χ1n) is 4.13. The molecule has 0 aliphatic heterocycles. The number of aliphatic hydroxyl groups excluding tert-OH is 1. The second-order valence-electron chi connectivity index (χ2n) is 2.82. The maximum absolute atomic E-state index is 11.7. The van der Waals surface area contributed by atoms with Gasteiger partial charge in [0.15, 0.2) is 0 Å². The molecule has 1 aromatic rings. The molecule has 0 spiro atoms. The van der Waals surface area contributed by atoms with Crippen LogP contribution in [0.1, 0.15) is 0 Å². The van der Waals surface area contributed by atoms with Crippen molar-refractivity contribution in [2.45, 2.75) is 4.90 Å². The Morgan fingerprint density at radius 2 is 1.81 bits per heavy atom. The Bertz CT molecular complexity index is 469. The van der Waals surface area contributed by atoms with Crippen LogP contribution >= 0.6 is 39.1 Å². The Hall–Kier alpha value is 0.150. The fourth-order valence-corrected chi connectivity index (χ4v) is 3.99. The predicted octanol–water partition coefficient (Wildman–Crippen LogP) is 2.03. The lowest BCUT2D eigenvalue weighted by molar-refractivity contribution is 0.301. The minimum Gasteiger partial charge on any atom is -0.395 e. The van der Waals surface area contributed by atoms with Gasteiger partial charge in [-0.1, -0.05) is 39.1 Å². The van der Waals surface area contributed by atoms with Crippen LogP contribution in [0.4, 0.5) is 0 Å². The van der Waals surface area contributed by atoms with Gasteiger partial charge in [0.25, 0.3) is 0 Å². The van der Waals surface area contributed by atoms with Crippen LogP contribution in [-0.2, 0) is 10.0 Å². The third kappa shape index (κ3) is 3.32. The fraction of sp³-hybridized carbons (Fsp3) is 0.250. The average molecular weight is 349 g/mol. The molecule has 1 rings (SSSR count). The van der Waals surface area contributed by atoms with Gasteiger partial charge >= 0.3 is 0 Å². The van der Waals surface area contributed by atoms with Gasteiger partial charge in [-0.25, -0.2) is 13.1 Å². The molecule has 16 heavy (non-hydrogen) atoms. The molecule has 0 amide bonds. The summed E-state index contributed by atoms with van der Waals surface area (Å²) in [6.45, 7) is -0.393. The van der Waals surface area contributed by atoms with Gasteiger partial charge in [0, 0.05) is 11.0 Å². The summed E-state index contributed by atoms with van der Waals surface area (Å²) < 4.78 is 26.2. The largest absolute Gasteiger partial charge is 0.395 e. The summed E-state index contributed by atoms with van der Waals surface area (Å²) in [5, 5.41) is 8.60. The van der Waals surface area contributed by atoms with Gasteiger partial charge in [0.2, 0.25) is 10.0 Å². The van der Waals surface area contributed by atoms with Gasteiger partial charge < -0.3 is 5.11 Å². The smallest absolute Gasteiger partial charge is 0.243 e. The topological polar surface area (TPSA) is 66.4 Å². The zero-order valence-electron chi connectivity index (χ0n) is 7.87. The number of halogens is 3. The van der Waals surface area contributed by atoms with Crippen LogP contribution in [0.3, 0.4) is 0 Å². The molecule has 0 fully saturated rings. The summed E-state index contributed by atoms with van der Waals surface area (Å²) in [6, 6.07) is 2.86. The van der Waals surface area contributed by atoms with Crippen LogP contribution in [0.2, 0.25) is 10.0 Å². The molecule has 90 valence electrons. The van der Waals surface area contributed by atoms with Gasteiger partial charge in [-0.3, -0.25) is 0 Å². The predicted molar refractivity (Wildman–Crippen MR) is 66.4 cm³/mol. The fourth-order valence-electron chi connectivity index (χ4n) is 1.04. The van der Waals surface area contributed by atoms with Crippen molar-refractivity contribution in [3.63, 3.8) is 0 Å². The van der Waals surface area contributed by atoms with Crippen LogP contribution in [-0.4, -0.2) is 26.7 Å². The Balaban J connectivity index is 3.23. The third-order valence-electron chi connectivity index (χ3n) is 1.64. The highest BCUT2D eigenvalue weighted by atomic mass is 79.9. The second-order valence-corrected chi connectivity index (χ2v) is 6.25. The molecule has 0 saturated carbocycles. The molecule has 1 aromatic carbocycles. The molecule has 0 aliphatic carbocycles. The summed E-state index contributed by atoms with van der Waals surface area (Å²) in [7, 11) is -3.80. The summed E-state index contributed by atoms with van der Waals surface area (Å²) in [5.41, 5.74) is 0. The average Bonchev–Trinajstić information content (AvgIpc) is 2.12. The second kappa shape index (κ2) is 5.66. The number of nitrogens with one attached hydrogen (secondary N) is 1. The summed E-state index contributed by atoms with van der Waals surface area (Å²) in [5.74, 6) is 0. The molecule has 0 aromatic heterocycles. The first-order valence-corrected chi connectivity index (χ1v) is 7.17. The normalized spacial score (nSPS) is 11.8. The monoisotopic (exact) mass is 347 g/mol. The molecule has 0 heterocycles. The molecule has 0 aliphatic rings. The minimum absolute atomic E-state index is 0.0183. The van der Waals surface area contributed by atoms with E-state index in [9.17, 15) is 8.42 Å². The third-order valence-corrected chi connectivity index (χ3v) is 4.48. The van der Waals surface area contributed by atoms with E-state index in [4.69, 9.17) is 28.3 Å². The van der Waals surface area contributed by atoms with E-state index in [1.54, 1.807) is 0 Å². The standard InChI is InChI=1S/C8H8BrCl2NO3S/c9-5-3-6(10)8(7(11)4-5)16(14,15)12-1-2-13/h3-4,12-13H,1-2H2. The van der Waals surface area contributed by atoms with Crippen molar-refractivity contribution in [1.29, 1.82) is 0 Å². The maximum Gasteiger partial charge on any atom is 0.243 e. The Labute approximate surface area is 112 Å². The summed E-state index contributed by atoms with van der Waals surface area (Å²) in [6.07, 6.45) is 0. The first kappa shape index (κ1) is 14.2. The zero-order chi connectivity index (χ0) is 12.3. The van der Waals surface area contributed by atoms with Crippen LogP contribution in [0.15, 0.2) is 21.5 Å². The van der Waals surface area contributed by atoms with Gasteiger partial charge in [0.1, 0.15) is 4.90 Å². The van der Waals surface area contributed by atoms with Crippen LogP contribution in [0, 0.1) is 0 Å². The molecular formula is C8H8BrCl2NO3S. The van der Waals surface area contributed by atoms with E-state index in [-0.39, 0.29) is 28.1 Å². The number of hydrogen-bond acceptors (Lipinski definition) is 3. The van der Waals surface area contributed by atoms with E-state index in [1.165, 1.54) is 12.1 Å². The molecule has 4 nitrogen and oxygen atoms in total. The van der Waals surface area contributed by atoms with Gasteiger partial charge in [0.05, 0.1) is 16.7 Å². The van der Waals surface area contributed by atoms with Crippen molar-refractivity contribution >= 4 is 49.2 Å².